The lowest BCUT2D eigenvalue weighted by molar-refractivity contribution is 0.222. The number of aromatic nitrogens is 1. The summed E-state index contributed by atoms with van der Waals surface area (Å²) in [6, 6.07) is 23.6. The number of nitrogens with zero attached hydrogens (tertiary/aromatic N) is 2. The van der Waals surface area contributed by atoms with Crippen LogP contribution in [0, 0.1) is 11.3 Å². The highest BCUT2D eigenvalue weighted by atomic mass is 32.2. The number of thioether (sulfide) groups is 1. The number of sulfone groups is 1. The Balaban J connectivity index is 1.74. The highest BCUT2D eigenvalue weighted by Crippen LogP contribution is 2.34. The summed E-state index contributed by atoms with van der Waals surface area (Å²) in [6.07, 6.45) is 5.02. The summed E-state index contributed by atoms with van der Waals surface area (Å²) in [5.41, 5.74) is 3.73. The second kappa shape index (κ2) is 14.2. The number of pyridine rings is 1. The van der Waals surface area contributed by atoms with E-state index in [2.05, 4.69) is 13.0 Å². The molecule has 0 amide bonds. The van der Waals surface area contributed by atoms with Gasteiger partial charge in [-0.3, -0.25) is 0 Å². The second-order valence-electron chi connectivity index (χ2n) is 8.93. The van der Waals surface area contributed by atoms with Gasteiger partial charge in [0.15, 0.2) is 9.84 Å². The van der Waals surface area contributed by atoms with Crippen molar-refractivity contribution in [2.45, 2.75) is 56.6 Å². The number of hydrogen-bond acceptors (Lipinski definition) is 6. The molecule has 0 saturated heterocycles. The van der Waals surface area contributed by atoms with Crippen molar-refractivity contribution in [1.82, 2.24) is 4.98 Å². The molecule has 1 N–H and O–H groups in total. The third-order valence-corrected chi connectivity index (χ3v) is 8.84. The summed E-state index contributed by atoms with van der Waals surface area (Å²) in [5, 5.41) is 21.0. The molecule has 36 heavy (non-hydrogen) atoms. The van der Waals surface area contributed by atoms with Crippen LogP contribution in [0.15, 0.2) is 71.8 Å². The fraction of sp³-hybridized carbons (Fsp3) is 0.379. The molecule has 190 valence electrons. The number of rotatable bonds is 14. The quantitative estimate of drug-likeness (QED) is 0.192. The molecule has 0 bridgehead atoms. The molecule has 0 unspecified atom stereocenters. The zero-order chi connectivity index (χ0) is 25.8. The summed E-state index contributed by atoms with van der Waals surface area (Å²) in [5.74, 6) is -0.0329. The van der Waals surface area contributed by atoms with Crippen molar-refractivity contribution < 1.29 is 13.5 Å². The lowest BCUT2D eigenvalue weighted by atomic mass is 9.99. The van der Waals surface area contributed by atoms with Crippen LogP contribution < -0.4 is 0 Å². The van der Waals surface area contributed by atoms with Crippen molar-refractivity contribution >= 4 is 21.6 Å². The van der Waals surface area contributed by atoms with Crippen molar-refractivity contribution in [2.75, 3.05) is 17.3 Å². The first-order valence-corrected chi connectivity index (χ1v) is 15.3. The van der Waals surface area contributed by atoms with Crippen LogP contribution in [0.3, 0.4) is 0 Å². The molecule has 0 fully saturated rings. The van der Waals surface area contributed by atoms with Crippen LogP contribution >= 0.6 is 11.8 Å². The maximum atomic E-state index is 12.5. The average molecular weight is 523 g/mol. The maximum Gasteiger partial charge on any atom is 0.152 e. The van der Waals surface area contributed by atoms with Gasteiger partial charge < -0.3 is 5.11 Å². The monoisotopic (exact) mass is 522 g/mol. The average Bonchev–Trinajstić information content (AvgIpc) is 2.89. The van der Waals surface area contributed by atoms with E-state index in [0.717, 1.165) is 48.1 Å². The van der Waals surface area contributed by atoms with E-state index in [4.69, 9.17) is 4.98 Å². The molecule has 5 nitrogen and oxygen atoms in total. The van der Waals surface area contributed by atoms with E-state index in [1.165, 1.54) is 18.2 Å². The Kier molecular flexibility index (Phi) is 11.0. The van der Waals surface area contributed by atoms with Gasteiger partial charge in [-0.25, -0.2) is 13.4 Å². The maximum absolute atomic E-state index is 12.5. The van der Waals surface area contributed by atoms with Gasteiger partial charge in [-0.2, -0.15) is 5.26 Å². The highest BCUT2D eigenvalue weighted by Gasteiger charge is 2.20. The fourth-order valence-electron chi connectivity index (χ4n) is 4.04. The third kappa shape index (κ3) is 8.48. The number of benzene rings is 2. The minimum absolute atomic E-state index is 0.101. The van der Waals surface area contributed by atoms with Gasteiger partial charge >= 0.3 is 0 Å². The second-order valence-corrected chi connectivity index (χ2v) is 12.2. The van der Waals surface area contributed by atoms with Crippen LogP contribution in [0.2, 0.25) is 0 Å². The van der Waals surface area contributed by atoms with E-state index >= 15 is 0 Å². The van der Waals surface area contributed by atoms with Crippen molar-refractivity contribution in [3.63, 3.8) is 0 Å². The molecular weight excluding hydrogens is 488 g/mol. The first kappa shape index (κ1) is 27.9. The molecule has 0 aliphatic heterocycles. The Hall–Kier alpha value is -2.66. The van der Waals surface area contributed by atoms with Gasteiger partial charge in [0.2, 0.25) is 0 Å². The SMILES string of the molecule is CCCCCCCCS(=O)(=O)C[C@H](O)CSc1nc(-c2ccccc2)cc(-c2ccccc2)c1C#N. The fourth-order valence-corrected chi connectivity index (χ4v) is 6.63. The van der Waals surface area contributed by atoms with Gasteiger partial charge in [-0.1, -0.05) is 99.7 Å². The van der Waals surface area contributed by atoms with Crippen molar-refractivity contribution in [3.05, 3.63) is 72.3 Å². The van der Waals surface area contributed by atoms with E-state index in [1.54, 1.807) is 0 Å². The topological polar surface area (TPSA) is 91.1 Å². The molecule has 2 aromatic carbocycles. The Labute approximate surface area is 219 Å². The smallest absolute Gasteiger partial charge is 0.152 e. The number of nitriles is 1. The molecule has 0 spiro atoms. The molecule has 0 saturated carbocycles. The Morgan fingerprint density at radius 3 is 2.19 bits per heavy atom. The zero-order valence-corrected chi connectivity index (χ0v) is 22.4. The van der Waals surface area contributed by atoms with Gasteiger partial charge in [-0.15, -0.1) is 11.8 Å². The molecule has 1 aromatic heterocycles. The molecule has 3 aromatic rings. The van der Waals surface area contributed by atoms with Gasteiger partial charge in [-0.05, 0) is 18.1 Å². The minimum Gasteiger partial charge on any atom is -0.391 e. The van der Waals surface area contributed by atoms with E-state index < -0.39 is 15.9 Å². The molecule has 0 radical (unpaired) electrons. The van der Waals surface area contributed by atoms with Crippen LogP contribution in [-0.2, 0) is 9.84 Å². The Bertz CT molecular complexity index is 1240. The number of unbranched alkanes of at least 4 members (excludes halogenated alkanes) is 5. The summed E-state index contributed by atoms with van der Waals surface area (Å²) < 4.78 is 25.0. The van der Waals surface area contributed by atoms with E-state index in [9.17, 15) is 18.8 Å². The Morgan fingerprint density at radius 1 is 0.944 bits per heavy atom. The van der Waals surface area contributed by atoms with Crippen molar-refractivity contribution in [3.8, 4) is 28.5 Å². The number of hydrogen-bond donors (Lipinski definition) is 1. The van der Waals surface area contributed by atoms with E-state index in [0.29, 0.717) is 17.0 Å². The van der Waals surface area contributed by atoms with Crippen LogP contribution in [0.5, 0.6) is 0 Å². The van der Waals surface area contributed by atoms with E-state index in [-0.39, 0.29) is 17.3 Å². The molecule has 1 heterocycles. The van der Waals surface area contributed by atoms with Gasteiger partial charge in [0.1, 0.15) is 11.1 Å². The van der Waals surface area contributed by atoms with Gasteiger partial charge in [0.05, 0.1) is 28.9 Å². The Morgan fingerprint density at radius 2 is 1.56 bits per heavy atom. The van der Waals surface area contributed by atoms with Crippen LogP contribution in [0.1, 0.15) is 51.0 Å². The van der Waals surface area contributed by atoms with Crippen molar-refractivity contribution in [1.29, 1.82) is 5.26 Å². The van der Waals surface area contributed by atoms with Crippen LogP contribution in [0.4, 0.5) is 0 Å². The van der Waals surface area contributed by atoms with Crippen LogP contribution in [-0.4, -0.2) is 41.9 Å². The lowest BCUT2D eigenvalue weighted by Gasteiger charge is -2.15. The van der Waals surface area contributed by atoms with E-state index in [1.807, 2.05) is 66.7 Å². The first-order chi connectivity index (χ1) is 17.4. The standard InChI is InChI=1S/C29H34N2O3S2/c1-2-3-4-5-6-13-18-36(33,34)22-25(32)21-35-29-27(20-30)26(23-14-9-7-10-15-23)19-28(31-29)24-16-11-8-12-17-24/h7-12,14-17,19,25,32H,2-6,13,18,21-22H2,1H3/t25-/m1/s1. The summed E-state index contributed by atoms with van der Waals surface area (Å²) >= 11 is 1.23. The first-order valence-electron chi connectivity index (χ1n) is 12.5. The molecule has 0 aliphatic rings. The number of aliphatic hydroxyl groups is 1. The predicted molar refractivity (Wildman–Crippen MR) is 149 cm³/mol. The van der Waals surface area contributed by atoms with Crippen LogP contribution in [0.25, 0.3) is 22.4 Å². The minimum atomic E-state index is -3.34. The lowest BCUT2D eigenvalue weighted by Crippen LogP contribution is -2.25. The molecule has 0 aliphatic carbocycles. The number of aliphatic hydroxyl groups excluding tert-OH is 1. The summed E-state index contributed by atoms with van der Waals surface area (Å²) in [4.78, 5) is 4.73. The largest absolute Gasteiger partial charge is 0.391 e. The summed E-state index contributed by atoms with van der Waals surface area (Å²) in [6.45, 7) is 2.15. The van der Waals surface area contributed by atoms with Gasteiger partial charge in [0.25, 0.3) is 0 Å². The normalized spacial score (nSPS) is 12.2. The third-order valence-electron chi connectivity index (χ3n) is 5.92. The zero-order valence-electron chi connectivity index (χ0n) is 20.8. The van der Waals surface area contributed by atoms with Crippen molar-refractivity contribution in [2.24, 2.45) is 0 Å². The summed E-state index contributed by atoms with van der Waals surface area (Å²) in [7, 11) is -3.34. The molecular formula is C29H34N2O3S2. The molecule has 7 heteroatoms. The molecule has 1 atom stereocenters. The van der Waals surface area contributed by atoms with Gasteiger partial charge in [0, 0.05) is 16.9 Å². The molecule has 3 rings (SSSR count). The predicted octanol–water partition coefficient (Wildman–Crippen LogP) is 6.52. The highest BCUT2D eigenvalue weighted by molar-refractivity contribution is 7.99.